The molecule has 7 nitrogen and oxygen atoms in total. The molecule has 3 aromatic rings. The predicted molar refractivity (Wildman–Crippen MR) is 112 cm³/mol. The molecule has 0 aliphatic rings. The predicted octanol–water partition coefficient (Wildman–Crippen LogP) is 4.64. The monoisotopic (exact) mass is 459 g/mol. The van der Waals surface area contributed by atoms with Crippen LogP contribution in [-0.2, 0) is 4.79 Å². The summed E-state index contributed by atoms with van der Waals surface area (Å²) >= 11 is 0. The number of hydrogen-bond acceptors (Lipinski definition) is 6. The molecule has 0 amide bonds. The highest BCUT2D eigenvalue weighted by Crippen LogP contribution is 2.17. The number of carboxylic acids is 1. The number of aromatic carboxylic acids is 1. The molecule has 172 valence electrons. The van der Waals surface area contributed by atoms with Gasteiger partial charge >= 0.3 is 0 Å². The lowest BCUT2D eigenvalue weighted by molar-refractivity contribution is -0.385. The lowest BCUT2D eigenvalue weighted by Crippen LogP contribution is -2.23. The summed E-state index contributed by atoms with van der Waals surface area (Å²) in [5.41, 5.74) is 1.46. The molecular formula is C23H18F3N2O5-. The Bertz CT molecular complexity index is 1210. The first-order valence-electron chi connectivity index (χ1n) is 9.18. The van der Waals surface area contributed by atoms with E-state index in [1.165, 1.54) is 43.3 Å². The van der Waals surface area contributed by atoms with E-state index in [0.717, 1.165) is 23.8 Å². The standard InChI is InChI=1S/C8H6FNO.C8H7FO2.C7H6FNO2/c1-6-2-3-8(10-5-11)7(9)4-6;1-5-2-3-6(9)4-7(5)8(10)11;1-5-4-6(9(10)11)2-3-7(5)8/h2-4H,1H3;2-4H,1H3,(H,10,11);2-4H,1H3/p-1. The van der Waals surface area contributed by atoms with Crippen LogP contribution in [0.4, 0.5) is 24.5 Å². The van der Waals surface area contributed by atoms with Gasteiger partial charge in [-0.15, -0.1) is 0 Å². The van der Waals surface area contributed by atoms with E-state index in [1.54, 1.807) is 19.9 Å². The van der Waals surface area contributed by atoms with Crippen LogP contribution in [0, 0.1) is 48.3 Å². The van der Waals surface area contributed by atoms with E-state index in [0.29, 0.717) is 11.1 Å². The highest BCUT2D eigenvalue weighted by atomic mass is 19.1. The Morgan fingerprint density at radius 1 is 0.909 bits per heavy atom. The average molecular weight is 459 g/mol. The number of nitro groups is 1. The second kappa shape index (κ2) is 12.5. The fourth-order valence-corrected chi connectivity index (χ4v) is 2.31. The maximum absolute atomic E-state index is 12.8. The van der Waals surface area contributed by atoms with Gasteiger partial charge in [-0.1, -0.05) is 12.1 Å². The number of nitro benzene ring substituents is 1. The van der Waals surface area contributed by atoms with Gasteiger partial charge in [0.15, 0.2) is 0 Å². The summed E-state index contributed by atoms with van der Waals surface area (Å²) in [6, 6.07) is 11.4. The third-order valence-electron chi connectivity index (χ3n) is 4.04. The van der Waals surface area contributed by atoms with Gasteiger partial charge in [-0.25, -0.2) is 18.0 Å². The summed E-state index contributed by atoms with van der Waals surface area (Å²) < 4.78 is 37.7. The largest absolute Gasteiger partial charge is 0.545 e. The van der Waals surface area contributed by atoms with Crippen LogP contribution in [0.1, 0.15) is 27.0 Å². The molecular weight excluding hydrogens is 441 g/mol. The molecule has 0 aromatic heterocycles. The van der Waals surface area contributed by atoms with Crippen molar-refractivity contribution in [2.75, 3.05) is 0 Å². The Hall–Kier alpha value is -4.30. The molecule has 0 heterocycles. The van der Waals surface area contributed by atoms with Gasteiger partial charge in [-0.3, -0.25) is 10.1 Å². The number of carbonyl (C=O) groups excluding carboxylic acids is 2. The highest BCUT2D eigenvalue weighted by molar-refractivity contribution is 5.87. The SMILES string of the molecule is Cc1cc([N+](=O)[O-])ccc1F.Cc1ccc(F)cc1C(=O)[O-].Cc1ccc(N=C=O)c(F)c1. The molecule has 0 unspecified atom stereocenters. The van der Waals surface area contributed by atoms with Gasteiger partial charge in [-0.05, 0) is 67.8 Å². The topological polar surface area (TPSA) is 113 Å². The van der Waals surface area contributed by atoms with Crippen molar-refractivity contribution >= 4 is 23.4 Å². The van der Waals surface area contributed by atoms with E-state index in [1.807, 2.05) is 0 Å². The maximum atomic E-state index is 12.8. The zero-order valence-corrected chi connectivity index (χ0v) is 17.8. The molecule has 3 aromatic carbocycles. The lowest BCUT2D eigenvalue weighted by atomic mass is 10.1. The Morgan fingerprint density at radius 3 is 2.06 bits per heavy atom. The van der Waals surface area contributed by atoms with Gasteiger partial charge in [0, 0.05) is 17.7 Å². The normalized spacial score (nSPS) is 9.39. The highest BCUT2D eigenvalue weighted by Gasteiger charge is 2.06. The van der Waals surface area contributed by atoms with Crippen molar-refractivity contribution in [1.29, 1.82) is 0 Å². The number of non-ortho nitro benzene ring substituents is 1. The van der Waals surface area contributed by atoms with Crippen molar-refractivity contribution in [3.05, 3.63) is 104 Å². The van der Waals surface area contributed by atoms with Crippen LogP contribution in [0.2, 0.25) is 0 Å². The van der Waals surface area contributed by atoms with Crippen LogP contribution in [0.25, 0.3) is 0 Å². The first-order chi connectivity index (χ1) is 15.5. The van der Waals surface area contributed by atoms with Crippen LogP contribution in [0.5, 0.6) is 0 Å². The summed E-state index contributed by atoms with van der Waals surface area (Å²) in [5, 5.41) is 20.4. The van der Waals surface area contributed by atoms with Crippen molar-refractivity contribution in [1.82, 2.24) is 0 Å². The van der Waals surface area contributed by atoms with Gasteiger partial charge in [0.25, 0.3) is 5.69 Å². The summed E-state index contributed by atoms with van der Waals surface area (Å²) in [6.07, 6.45) is 1.28. The minimum absolute atomic E-state index is 0.0330. The molecule has 0 aliphatic heterocycles. The van der Waals surface area contributed by atoms with Crippen LogP contribution >= 0.6 is 0 Å². The smallest absolute Gasteiger partial charge is 0.269 e. The molecule has 0 radical (unpaired) electrons. The molecule has 0 saturated carbocycles. The van der Waals surface area contributed by atoms with Crippen LogP contribution < -0.4 is 5.11 Å². The zero-order chi connectivity index (χ0) is 25.1. The van der Waals surface area contributed by atoms with E-state index < -0.39 is 28.3 Å². The number of nitrogens with zero attached hydrogens (tertiary/aromatic N) is 2. The number of aryl methyl sites for hydroxylation is 3. The number of aliphatic imine (C=N–C) groups is 1. The fourth-order valence-electron chi connectivity index (χ4n) is 2.31. The van der Waals surface area contributed by atoms with Gasteiger partial charge in [0.2, 0.25) is 6.08 Å². The quantitative estimate of drug-likeness (QED) is 0.245. The summed E-state index contributed by atoms with van der Waals surface area (Å²) in [5.74, 6) is -2.82. The van der Waals surface area contributed by atoms with E-state index in [9.17, 15) is 38.0 Å². The first-order valence-corrected chi connectivity index (χ1v) is 9.18. The van der Waals surface area contributed by atoms with Crippen molar-refractivity contribution in [2.24, 2.45) is 4.99 Å². The molecule has 3 rings (SSSR count). The number of rotatable bonds is 3. The summed E-state index contributed by atoms with van der Waals surface area (Å²) in [7, 11) is 0. The average Bonchev–Trinajstić information content (AvgIpc) is 2.74. The molecule has 0 bridgehead atoms. The zero-order valence-electron chi connectivity index (χ0n) is 17.8. The van der Waals surface area contributed by atoms with E-state index >= 15 is 0 Å². The van der Waals surface area contributed by atoms with Crippen LogP contribution in [0.3, 0.4) is 0 Å². The molecule has 0 atom stereocenters. The second-order valence-corrected chi connectivity index (χ2v) is 6.60. The Morgan fingerprint density at radius 2 is 1.58 bits per heavy atom. The maximum Gasteiger partial charge on any atom is 0.269 e. The molecule has 0 saturated heterocycles. The molecule has 0 N–H and O–H groups in total. The summed E-state index contributed by atoms with van der Waals surface area (Å²) in [4.78, 5) is 32.8. The second-order valence-electron chi connectivity index (χ2n) is 6.60. The number of carboxylic acid groups (broad SMARTS) is 1. The van der Waals surface area contributed by atoms with Crippen molar-refractivity contribution in [3.63, 3.8) is 0 Å². The first kappa shape index (κ1) is 26.7. The molecule has 0 aliphatic carbocycles. The number of carbonyl (C=O) groups is 1. The minimum atomic E-state index is -1.35. The van der Waals surface area contributed by atoms with E-state index in [-0.39, 0.29) is 16.9 Å². The van der Waals surface area contributed by atoms with E-state index in [4.69, 9.17) is 0 Å². The van der Waals surface area contributed by atoms with Gasteiger partial charge in [0.1, 0.15) is 23.1 Å². The lowest BCUT2D eigenvalue weighted by Gasteiger charge is -2.05. The minimum Gasteiger partial charge on any atom is -0.545 e. The van der Waals surface area contributed by atoms with Gasteiger partial charge in [-0.2, -0.15) is 4.99 Å². The Kier molecular flexibility index (Phi) is 10.2. The van der Waals surface area contributed by atoms with Gasteiger partial charge < -0.3 is 9.90 Å². The molecule has 0 fully saturated rings. The fraction of sp³-hybridized carbons (Fsp3) is 0.130. The van der Waals surface area contributed by atoms with Crippen LogP contribution in [0.15, 0.2) is 59.6 Å². The van der Waals surface area contributed by atoms with Crippen molar-refractivity contribution < 1.29 is 32.8 Å². The third kappa shape index (κ3) is 8.76. The molecule has 10 heteroatoms. The number of halogens is 3. The number of benzene rings is 3. The Labute approximate surface area is 187 Å². The van der Waals surface area contributed by atoms with E-state index in [2.05, 4.69) is 4.99 Å². The van der Waals surface area contributed by atoms with Gasteiger partial charge in [0.05, 0.1) is 10.9 Å². The number of hydrogen-bond donors (Lipinski definition) is 0. The Balaban J connectivity index is 0.000000247. The molecule has 33 heavy (non-hydrogen) atoms. The van der Waals surface area contributed by atoms with Crippen molar-refractivity contribution in [3.8, 4) is 0 Å². The van der Waals surface area contributed by atoms with Crippen molar-refractivity contribution in [2.45, 2.75) is 20.8 Å². The molecule has 0 spiro atoms. The third-order valence-corrected chi connectivity index (χ3v) is 4.04. The van der Waals surface area contributed by atoms with Crippen LogP contribution in [-0.4, -0.2) is 17.0 Å². The number of isocyanates is 1. The summed E-state index contributed by atoms with van der Waals surface area (Å²) in [6.45, 7) is 4.84.